The summed E-state index contributed by atoms with van der Waals surface area (Å²) in [6, 6.07) is 3.34. The van der Waals surface area contributed by atoms with E-state index < -0.39 is 10.0 Å². The molecule has 0 saturated carbocycles. The lowest BCUT2D eigenvalue weighted by Crippen LogP contribution is -2.43. The standard InChI is InChI=1S/C12H21N5O2S.HI/c1-10(2)17-12(13-3)15-7-8-16-20(18,19)11-5-4-6-14-9-11;/h4-6,9-10,16H,7-8H2,1-3H3,(H2,13,15,17);1H. The van der Waals surface area contributed by atoms with E-state index in [4.69, 9.17) is 0 Å². The summed E-state index contributed by atoms with van der Waals surface area (Å²) < 4.78 is 26.3. The number of nitrogens with zero attached hydrogens (tertiary/aromatic N) is 2. The van der Waals surface area contributed by atoms with Gasteiger partial charge in [0.05, 0.1) is 0 Å². The van der Waals surface area contributed by atoms with Gasteiger partial charge in [-0.2, -0.15) is 0 Å². The van der Waals surface area contributed by atoms with E-state index in [9.17, 15) is 8.42 Å². The molecule has 0 aliphatic rings. The van der Waals surface area contributed by atoms with Crippen molar-refractivity contribution in [1.82, 2.24) is 20.3 Å². The molecule has 21 heavy (non-hydrogen) atoms. The molecule has 9 heteroatoms. The summed E-state index contributed by atoms with van der Waals surface area (Å²) in [5, 5.41) is 6.13. The SMILES string of the molecule is CN=C(NCCNS(=O)(=O)c1cccnc1)NC(C)C.I. The summed E-state index contributed by atoms with van der Waals surface area (Å²) in [7, 11) is -1.84. The number of aromatic nitrogens is 1. The highest BCUT2D eigenvalue weighted by Gasteiger charge is 2.12. The first-order valence-corrected chi connectivity index (χ1v) is 7.81. The van der Waals surface area contributed by atoms with Crippen LogP contribution in [0.3, 0.4) is 0 Å². The van der Waals surface area contributed by atoms with Crippen molar-refractivity contribution in [3.63, 3.8) is 0 Å². The Morgan fingerprint density at radius 3 is 2.62 bits per heavy atom. The Morgan fingerprint density at radius 1 is 1.38 bits per heavy atom. The van der Waals surface area contributed by atoms with Crippen LogP contribution in [0.1, 0.15) is 13.8 Å². The molecule has 0 amide bonds. The summed E-state index contributed by atoms with van der Waals surface area (Å²) in [5.74, 6) is 0.639. The molecule has 1 heterocycles. The lowest BCUT2D eigenvalue weighted by Gasteiger charge is -2.14. The molecule has 0 radical (unpaired) electrons. The molecular weight excluding hydrogens is 405 g/mol. The predicted octanol–water partition coefficient (Wildman–Crippen LogP) is 0.551. The third kappa shape index (κ3) is 7.58. The second kappa shape index (κ2) is 9.90. The molecule has 0 aromatic carbocycles. The largest absolute Gasteiger partial charge is 0.355 e. The van der Waals surface area contributed by atoms with Gasteiger partial charge in [0, 0.05) is 38.6 Å². The van der Waals surface area contributed by atoms with Crippen LogP contribution >= 0.6 is 24.0 Å². The van der Waals surface area contributed by atoms with Gasteiger partial charge in [-0.3, -0.25) is 9.98 Å². The van der Waals surface area contributed by atoms with Crippen LogP contribution in [0.2, 0.25) is 0 Å². The third-order valence-electron chi connectivity index (χ3n) is 2.30. The van der Waals surface area contributed by atoms with E-state index in [0.717, 1.165) is 0 Å². The molecule has 120 valence electrons. The Balaban J connectivity index is 0.00000400. The quantitative estimate of drug-likeness (QED) is 0.267. The highest BCUT2D eigenvalue weighted by Crippen LogP contribution is 2.04. The molecule has 1 aromatic rings. The molecule has 1 aromatic heterocycles. The van der Waals surface area contributed by atoms with Gasteiger partial charge in [0.1, 0.15) is 4.90 Å². The third-order valence-corrected chi connectivity index (χ3v) is 3.75. The lowest BCUT2D eigenvalue weighted by molar-refractivity contribution is 0.579. The van der Waals surface area contributed by atoms with Crippen molar-refractivity contribution in [2.45, 2.75) is 24.8 Å². The molecule has 7 nitrogen and oxygen atoms in total. The molecule has 0 fully saturated rings. The summed E-state index contributed by atoms with van der Waals surface area (Å²) in [6.07, 6.45) is 2.84. The maximum absolute atomic E-state index is 11.9. The van der Waals surface area contributed by atoms with Crippen LogP contribution in [0.4, 0.5) is 0 Å². The monoisotopic (exact) mass is 427 g/mol. The number of sulfonamides is 1. The summed E-state index contributed by atoms with van der Waals surface area (Å²) in [4.78, 5) is 7.97. The molecular formula is C12H22IN5O2S. The van der Waals surface area contributed by atoms with Crippen molar-refractivity contribution in [1.29, 1.82) is 0 Å². The van der Waals surface area contributed by atoms with E-state index in [1.807, 2.05) is 13.8 Å². The van der Waals surface area contributed by atoms with Crippen LogP contribution in [0.25, 0.3) is 0 Å². The van der Waals surface area contributed by atoms with Crippen LogP contribution in [0.5, 0.6) is 0 Å². The van der Waals surface area contributed by atoms with Crippen LogP contribution in [0, 0.1) is 0 Å². The van der Waals surface area contributed by atoms with Gasteiger partial charge < -0.3 is 10.6 Å². The minimum atomic E-state index is -3.50. The van der Waals surface area contributed by atoms with Crippen LogP contribution in [-0.2, 0) is 10.0 Å². The molecule has 1 rings (SSSR count). The van der Waals surface area contributed by atoms with Crippen LogP contribution in [-0.4, -0.2) is 45.5 Å². The van der Waals surface area contributed by atoms with E-state index in [1.165, 1.54) is 18.5 Å². The maximum atomic E-state index is 11.9. The van der Waals surface area contributed by atoms with Gasteiger partial charge in [-0.25, -0.2) is 13.1 Å². The molecule has 0 unspecified atom stereocenters. The normalized spacial score (nSPS) is 11.9. The maximum Gasteiger partial charge on any atom is 0.242 e. The number of hydrogen-bond donors (Lipinski definition) is 3. The number of guanidine groups is 1. The van der Waals surface area contributed by atoms with Gasteiger partial charge >= 0.3 is 0 Å². The van der Waals surface area contributed by atoms with Gasteiger partial charge in [0.15, 0.2) is 5.96 Å². The zero-order valence-corrected chi connectivity index (χ0v) is 15.5. The second-order valence-corrected chi connectivity index (χ2v) is 6.15. The Morgan fingerprint density at radius 2 is 2.10 bits per heavy atom. The average Bonchev–Trinajstić information content (AvgIpc) is 2.42. The molecule has 0 aliphatic carbocycles. The highest BCUT2D eigenvalue weighted by molar-refractivity contribution is 14.0. The first-order chi connectivity index (χ1) is 9.45. The van der Waals surface area contributed by atoms with Crippen molar-refractivity contribution in [2.24, 2.45) is 4.99 Å². The van der Waals surface area contributed by atoms with E-state index >= 15 is 0 Å². The topological polar surface area (TPSA) is 95.5 Å². The summed E-state index contributed by atoms with van der Waals surface area (Å²) in [5.41, 5.74) is 0. The van der Waals surface area contributed by atoms with Gasteiger partial charge in [0.25, 0.3) is 0 Å². The highest BCUT2D eigenvalue weighted by atomic mass is 127. The smallest absolute Gasteiger partial charge is 0.242 e. The number of nitrogens with one attached hydrogen (secondary N) is 3. The zero-order valence-electron chi connectivity index (χ0n) is 12.3. The Labute approximate surface area is 143 Å². The summed E-state index contributed by atoms with van der Waals surface area (Å²) >= 11 is 0. The van der Waals surface area contributed by atoms with Crippen LogP contribution < -0.4 is 15.4 Å². The van der Waals surface area contributed by atoms with Crippen molar-refractivity contribution < 1.29 is 8.42 Å². The average molecular weight is 427 g/mol. The van der Waals surface area contributed by atoms with Gasteiger partial charge in [-0.15, -0.1) is 24.0 Å². The van der Waals surface area contributed by atoms with Gasteiger partial charge in [-0.1, -0.05) is 0 Å². The number of halogens is 1. The molecule has 0 bridgehead atoms. The fourth-order valence-corrected chi connectivity index (χ4v) is 2.42. The van der Waals surface area contributed by atoms with Crippen molar-refractivity contribution in [3.8, 4) is 0 Å². The van der Waals surface area contributed by atoms with Crippen molar-refractivity contribution in [3.05, 3.63) is 24.5 Å². The molecule has 0 atom stereocenters. The second-order valence-electron chi connectivity index (χ2n) is 4.38. The molecule has 0 saturated heterocycles. The Bertz CT molecular complexity index is 534. The molecule has 3 N–H and O–H groups in total. The summed E-state index contributed by atoms with van der Waals surface area (Å²) in [6.45, 7) is 4.69. The Hall–Kier alpha value is -0.940. The minimum Gasteiger partial charge on any atom is -0.355 e. The first-order valence-electron chi connectivity index (χ1n) is 6.32. The number of rotatable bonds is 6. The predicted molar refractivity (Wildman–Crippen MR) is 94.5 cm³/mol. The fraction of sp³-hybridized carbons (Fsp3) is 0.500. The number of hydrogen-bond acceptors (Lipinski definition) is 4. The lowest BCUT2D eigenvalue weighted by atomic mass is 10.4. The van der Waals surface area contributed by atoms with Crippen molar-refractivity contribution >= 4 is 40.0 Å². The number of pyridine rings is 1. The van der Waals surface area contributed by atoms with Gasteiger partial charge in [0.2, 0.25) is 10.0 Å². The van der Waals surface area contributed by atoms with E-state index in [-0.39, 0.29) is 41.5 Å². The van der Waals surface area contributed by atoms with E-state index in [1.54, 1.807) is 13.1 Å². The van der Waals surface area contributed by atoms with Gasteiger partial charge in [-0.05, 0) is 26.0 Å². The van der Waals surface area contributed by atoms with E-state index in [0.29, 0.717) is 12.5 Å². The zero-order chi connectivity index (χ0) is 15.0. The molecule has 0 aliphatic heterocycles. The number of aliphatic imine (C=N–C) groups is 1. The Kier molecular flexibility index (Phi) is 9.46. The fourth-order valence-electron chi connectivity index (χ4n) is 1.42. The van der Waals surface area contributed by atoms with E-state index in [2.05, 4.69) is 25.3 Å². The minimum absolute atomic E-state index is 0. The van der Waals surface area contributed by atoms with Crippen LogP contribution in [0.15, 0.2) is 34.4 Å². The first kappa shape index (κ1) is 20.1. The van der Waals surface area contributed by atoms with Crippen molar-refractivity contribution in [2.75, 3.05) is 20.1 Å². The molecule has 0 spiro atoms.